The summed E-state index contributed by atoms with van der Waals surface area (Å²) in [5.74, 6) is 1.09. The molecular weight excluding hydrogens is 250 g/mol. The van der Waals surface area contributed by atoms with Gasteiger partial charge in [-0.3, -0.25) is 0 Å². The summed E-state index contributed by atoms with van der Waals surface area (Å²) < 4.78 is 0. The molecule has 0 radical (unpaired) electrons. The highest BCUT2D eigenvalue weighted by Crippen LogP contribution is 2.28. The fourth-order valence-corrected chi connectivity index (χ4v) is 3.63. The highest BCUT2D eigenvalue weighted by atomic mass is 32.2. The van der Waals surface area contributed by atoms with Crippen molar-refractivity contribution in [3.63, 3.8) is 0 Å². The van der Waals surface area contributed by atoms with Gasteiger partial charge in [-0.15, -0.1) is 11.8 Å². The molecule has 1 nitrogen and oxygen atoms in total. The van der Waals surface area contributed by atoms with E-state index in [-0.39, 0.29) is 0 Å². The molecular formula is C17H19NS. The molecule has 2 aromatic carbocycles. The molecule has 0 spiro atoms. The predicted octanol–water partition coefficient (Wildman–Crippen LogP) is 4.09. The zero-order valence-electron chi connectivity index (χ0n) is 11.1. The summed E-state index contributed by atoms with van der Waals surface area (Å²) in [5, 5.41) is 0. The van der Waals surface area contributed by atoms with Crippen LogP contribution >= 0.6 is 11.8 Å². The molecule has 0 bridgehead atoms. The number of para-hydroxylation sites is 1. The van der Waals surface area contributed by atoms with E-state index in [4.69, 9.17) is 5.73 Å². The van der Waals surface area contributed by atoms with Crippen LogP contribution in [-0.4, -0.2) is 5.75 Å². The minimum Gasteiger partial charge on any atom is -0.399 e. The summed E-state index contributed by atoms with van der Waals surface area (Å²) in [5.41, 5.74) is 11.3. The number of hydrogen-bond acceptors (Lipinski definition) is 2. The molecule has 0 saturated carbocycles. The van der Waals surface area contributed by atoms with E-state index >= 15 is 0 Å². The van der Waals surface area contributed by atoms with Gasteiger partial charge in [-0.2, -0.15) is 0 Å². The normalized spacial score (nSPS) is 13.5. The summed E-state index contributed by atoms with van der Waals surface area (Å²) in [6, 6.07) is 15.1. The highest BCUT2D eigenvalue weighted by Gasteiger charge is 2.10. The molecule has 3 rings (SSSR count). The van der Waals surface area contributed by atoms with E-state index in [2.05, 4.69) is 30.3 Å². The fourth-order valence-electron chi connectivity index (χ4n) is 2.68. The maximum absolute atomic E-state index is 5.96. The summed E-state index contributed by atoms with van der Waals surface area (Å²) >= 11 is 1.93. The summed E-state index contributed by atoms with van der Waals surface area (Å²) in [6.07, 6.45) is 4.88. The lowest BCUT2D eigenvalue weighted by Gasteiger charge is -2.06. The van der Waals surface area contributed by atoms with Crippen LogP contribution in [0.3, 0.4) is 0 Å². The standard InChI is InChI=1S/C17H19NS/c18-17-7-2-1-4-14(17)10-11-19-16-9-8-13-5-3-6-15(13)12-16/h1-2,4,7-9,12H,3,5-6,10-11,18H2. The van der Waals surface area contributed by atoms with Gasteiger partial charge < -0.3 is 5.73 Å². The molecule has 0 unspecified atom stereocenters. The lowest BCUT2D eigenvalue weighted by Crippen LogP contribution is -1.95. The van der Waals surface area contributed by atoms with E-state index in [1.807, 2.05) is 23.9 Å². The van der Waals surface area contributed by atoms with Gasteiger partial charge in [-0.1, -0.05) is 24.3 Å². The van der Waals surface area contributed by atoms with Crippen LogP contribution in [0.25, 0.3) is 0 Å². The Morgan fingerprint density at radius 2 is 1.84 bits per heavy atom. The molecule has 2 aromatic rings. The van der Waals surface area contributed by atoms with Crippen LogP contribution < -0.4 is 5.73 Å². The minimum atomic E-state index is 0.914. The SMILES string of the molecule is Nc1ccccc1CCSc1ccc2c(c1)CCC2. The van der Waals surface area contributed by atoms with Crippen molar-refractivity contribution in [2.75, 3.05) is 11.5 Å². The number of benzene rings is 2. The van der Waals surface area contributed by atoms with Gasteiger partial charge >= 0.3 is 0 Å². The first-order chi connectivity index (χ1) is 9.33. The van der Waals surface area contributed by atoms with E-state index < -0.39 is 0 Å². The maximum atomic E-state index is 5.96. The third-order valence-corrected chi connectivity index (χ3v) is 4.76. The molecule has 0 saturated heterocycles. The van der Waals surface area contributed by atoms with Gasteiger partial charge in [0.15, 0.2) is 0 Å². The molecule has 2 heteroatoms. The van der Waals surface area contributed by atoms with E-state index in [1.165, 1.54) is 29.7 Å². The van der Waals surface area contributed by atoms with E-state index in [1.54, 1.807) is 11.1 Å². The molecule has 0 atom stereocenters. The predicted molar refractivity (Wildman–Crippen MR) is 83.7 cm³/mol. The smallest absolute Gasteiger partial charge is 0.0346 e. The molecule has 1 aliphatic carbocycles. The molecule has 0 amide bonds. The van der Waals surface area contributed by atoms with Crippen molar-refractivity contribution in [1.82, 2.24) is 0 Å². The minimum absolute atomic E-state index is 0.914. The van der Waals surface area contributed by atoms with Crippen molar-refractivity contribution in [2.24, 2.45) is 0 Å². The second kappa shape index (κ2) is 5.70. The van der Waals surface area contributed by atoms with Crippen LogP contribution in [0.15, 0.2) is 47.4 Å². The Kier molecular flexibility index (Phi) is 3.79. The zero-order valence-corrected chi connectivity index (χ0v) is 11.9. The molecule has 0 aromatic heterocycles. The van der Waals surface area contributed by atoms with Crippen molar-refractivity contribution in [3.8, 4) is 0 Å². The molecule has 0 heterocycles. The number of anilines is 1. The van der Waals surface area contributed by atoms with Crippen LogP contribution in [0.2, 0.25) is 0 Å². The summed E-state index contributed by atoms with van der Waals surface area (Å²) in [6.45, 7) is 0. The van der Waals surface area contributed by atoms with Gasteiger partial charge in [0.2, 0.25) is 0 Å². The topological polar surface area (TPSA) is 26.0 Å². The Labute approximate surface area is 119 Å². The van der Waals surface area contributed by atoms with Crippen molar-refractivity contribution >= 4 is 17.4 Å². The van der Waals surface area contributed by atoms with Crippen LogP contribution in [0.1, 0.15) is 23.1 Å². The van der Waals surface area contributed by atoms with Crippen LogP contribution in [0, 0.1) is 0 Å². The van der Waals surface area contributed by atoms with Crippen molar-refractivity contribution in [1.29, 1.82) is 0 Å². The number of thioether (sulfide) groups is 1. The Bertz CT molecular complexity index is 577. The highest BCUT2D eigenvalue weighted by molar-refractivity contribution is 7.99. The fraction of sp³-hybridized carbons (Fsp3) is 0.294. The summed E-state index contributed by atoms with van der Waals surface area (Å²) in [7, 11) is 0. The molecule has 98 valence electrons. The lowest BCUT2D eigenvalue weighted by atomic mass is 10.1. The number of rotatable bonds is 4. The van der Waals surface area contributed by atoms with Gasteiger partial charge in [0.25, 0.3) is 0 Å². The van der Waals surface area contributed by atoms with Gasteiger partial charge in [0.05, 0.1) is 0 Å². The van der Waals surface area contributed by atoms with E-state index in [0.29, 0.717) is 0 Å². The Morgan fingerprint density at radius 3 is 2.74 bits per heavy atom. The van der Waals surface area contributed by atoms with Crippen LogP contribution in [-0.2, 0) is 19.3 Å². The molecule has 1 aliphatic rings. The van der Waals surface area contributed by atoms with Gasteiger partial charge in [-0.25, -0.2) is 0 Å². The van der Waals surface area contributed by atoms with Crippen molar-refractivity contribution in [3.05, 3.63) is 59.2 Å². The first kappa shape index (κ1) is 12.6. The van der Waals surface area contributed by atoms with Crippen LogP contribution in [0.4, 0.5) is 5.69 Å². The lowest BCUT2D eigenvalue weighted by molar-refractivity contribution is 0.911. The molecule has 0 fully saturated rings. The maximum Gasteiger partial charge on any atom is 0.0346 e. The average molecular weight is 269 g/mol. The number of aryl methyl sites for hydroxylation is 3. The van der Waals surface area contributed by atoms with Gasteiger partial charge in [0.1, 0.15) is 0 Å². The number of hydrogen-bond donors (Lipinski definition) is 1. The quantitative estimate of drug-likeness (QED) is 0.668. The molecule has 2 N–H and O–H groups in total. The second-order valence-electron chi connectivity index (χ2n) is 5.08. The van der Waals surface area contributed by atoms with Crippen molar-refractivity contribution < 1.29 is 0 Å². The van der Waals surface area contributed by atoms with E-state index in [9.17, 15) is 0 Å². The zero-order chi connectivity index (χ0) is 13.1. The second-order valence-corrected chi connectivity index (χ2v) is 6.25. The number of nitrogen functional groups attached to an aromatic ring is 1. The van der Waals surface area contributed by atoms with Gasteiger partial charge in [0, 0.05) is 16.3 Å². The van der Waals surface area contributed by atoms with Crippen molar-refractivity contribution in [2.45, 2.75) is 30.6 Å². The third kappa shape index (κ3) is 2.95. The van der Waals surface area contributed by atoms with E-state index in [0.717, 1.165) is 17.9 Å². The monoisotopic (exact) mass is 269 g/mol. The number of nitrogens with two attached hydrogens (primary N) is 1. The summed E-state index contributed by atoms with van der Waals surface area (Å²) in [4.78, 5) is 1.40. The van der Waals surface area contributed by atoms with Crippen LogP contribution in [0.5, 0.6) is 0 Å². The Morgan fingerprint density at radius 1 is 1.00 bits per heavy atom. The van der Waals surface area contributed by atoms with Gasteiger partial charge in [-0.05, 0) is 60.6 Å². The number of fused-ring (bicyclic) bond motifs is 1. The Hall–Kier alpha value is -1.41. The first-order valence-corrected chi connectivity index (χ1v) is 7.89. The molecule has 19 heavy (non-hydrogen) atoms. The first-order valence-electron chi connectivity index (χ1n) is 6.91. The molecule has 0 aliphatic heterocycles. The largest absolute Gasteiger partial charge is 0.399 e. The third-order valence-electron chi connectivity index (χ3n) is 3.77. The Balaban J connectivity index is 1.59. The average Bonchev–Trinajstić information content (AvgIpc) is 2.88.